The van der Waals surface area contributed by atoms with Gasteiger partial charge in [-0.1, -0.05) is 0 Å². The smallest absolute Gasteiger partial charge is 0.131 e. The minimum absolute atomic E-state index is 0.594. The summed E-state index contributed by atoms with van der Waals surface area (Å²) >= 11 is 0. The number of aromatic nitrogens is 1. The average molecular weight is 165 g/mol. The van der Waals surface area contributed by atoms with Crippen LogP contribution >= 0.6 is 0 Å². The molecule has 1 heterocycles. The predicted octanol–water partition coefficient (Wildman–Crippen LogP) is 1.46. The minimum Gasteiger partial charge on any atom is -0.377 e. The van der Waals surface area contributed by atoms with Crippen LogP contribution in [0.3, 0.4) is 0 Å². The molecule has 3 heteroatoms. The molecule has 1 N–H and O–H groups in total. The zero-order chi connectivity index (χ0) is 8.81. The summed E-state index contributed by atoms with van der Waals surface area (Å²) in [4.78, 5) is 4.10. The highest BCUT2D eigenvalue weighted by Gasteiger charge is 1.99. The Kier molecular flexibility index (Phi) is 3.54. The van der Waals surface area contributed by atoms with Crippen LogP contribution in [0, 0.1) is 6.07 Å². The van der Waals surface area contributed by atoms with E-state index in [1.165, 1.54) is 0 Å². The molecule has 0 saturated heterocycles. The van der Waals surface area contributed by atoms with Crippen molar-refractivity contribution >= 4 is 5.82 Å². The fraction of sp³-hybridized carbons (Fsp3) is 0.444. The molecule has 1 aromatic rings. The first-order valence-corrected chi connectivity index (χ1v) is 3.99. The zero-order valence-electron chi connectivity index (χ0n) is 7.42. The van der Waals surface area contributed by atoms with Gasteiger partial charge in [-0.2, -0.15) is 0 Å². The van der Waals surface area contributed by atoms with Gasteiger partial charge in [0.25, 0.3) is 0 Å². The molecule has 0 aromatic carbocycles. The highest BCUT2D eigenvalue weighted by atomic mass is 16.5. The summed E-state index contributed by atoms with van der Waals surface area (Å²) in [5, 5.41) is 2.99. The minimum atomic E-state index is 0.594. The normalized spacial score (nSPS) is 9.83. The molecule has 0 unspecified atom stereocenters. The molecule has 0 aliphatic heterocycles. The molecule has 0 amide bonds. The Morgan fingerprint density at radius 2 is 2.50 bits per heavy atom. The molecule has 12 heavy (non-hydrogen) atoms. The Balaban J connectivity index is 2.68. The van der Waals surface area contributed by atoms with Gasteiger partial charge in [0.05, 0.1) is 6.61 Å². The molecule has 0 spiro atoms. The quantitative estimate of drug-likeness (QED) is 0.733. The van der Waals surface area contributed by atoms with Crippen LogP contribution in [0.25, 0.3) is 0 Å². The van der Waals surface area contributed by atoms with Crippen molar-refractivity contribution in [2.45, 2.75) is 13.5 Å². The molecule has 0 aliphatic carbocycles. The number of ether oxygens (including phenoxy) is 1. The van der Waals surface area contributed by atoms with E-state index in [9.17, 15) is 0 Å². The van der Waals surface area contributed by atoms with Gasteiger partial charge >= 0.3 is 0 Å². The van der Waals surface area contributed by atoms with Gasteiger partial charge in [0.2, 0.25) is 0 Å². The molecular weight excluding hydrogens is 152 g/mol. The van der Waals surface area contributed by atoms with Gasteiger partial charge in [-0.15, -0.1) is 0 Å². The van der Waals surface area contributed by atoms with Crippen molar-refractivity contribution in [2.24, 2.45) is 0 Å². The van der Waals surface area contributed by atoms with Gasteiger partial charge in [0.1, 0.15) is 5.82 Å². The largest absolute Gasteiger partial charge is 0.377 e. The highest BCUT2D eigenvalue weighted by molar-refractivity contribution is 5.42. The highest BCUT2D eigenvalue weighted by Crippen LogP contribution is 2.10. The molecule has 65 valence electrons. The first kappa shape index (κ1) is 9.00. The summed E-state index contributed by atoms with van der Waals surface area (Å²) in [6.07, 6.45) is 1.64. The molecule has 0 bridgehead atoms. The van der Waals surface area contributed by atoms with Gasteiger partial charge in [0.15, 0.2) is 0 Å². The van der Waals surface area contributed by atoms with E-state index in [0.717, 1.165) is 18.0 Å². The van der Waals surface area contributed by atoms with Crippen LogP contribution in [0.2, 0.25) is 0 Å². The van der Waals surface area contributed by atoms with Gasteiger partial charge in [0, 0.05) is 31.5 Å². The second kappa shape index (κ2) is 4.72. The molecule has 0 aliphatic rings. The summed E-state index contributed by atoms with van der Waals surface area (Å²) in [6.45, 7) is 3.29. The third-order valence-electron chi connectivity index (χ3n) is 1.53. The number of rotatable bonds is 4. The number of nitrogens with one attached hydrogen (secondary N) is 1. The Morgan fingerprint density at radius 3 is 3.17 bits per heavy atom. The van der Waals surface area contributed by atoms with E-state index in [-0.39, 0.29) is 0 Å². The molecule has 1 radical (unpaired) electrons. The van der Waals surface area contributed by atoms with Crippen LogP contribution in [-0.4, -0.2) is 18.6 Å². The zero-order valence-corrected chi connectivity index (χ0v) is 7.42. The Labute approximate surface area is 72.8 Å². The van der Waals surface area contributed by atoms with Gasteiger partial charge < -0.3 is 10.1 Å². The molecule has 1 aromatic heterocycles. The third kappa shape index (κ3) is 2.20. The maximum absolute atomic E-state index is 5.26. The van der Waals surface area contributed by atoms with E-state index < -0.39 is 0 Å². The van der Waals surface area contributed by atoms with E-state index in [1.807, 2.05) is 20.0 Å². The fourth-order valence-corrected chi connectivity index (χ4v) is 0.938. The topological polar surface area (TPSA) is 34.1 Å². The molecule has 1 rings (SSSR count). The van der Waals surface area contributed by atoms with E-state index in [4.69, 9.17) is 4.74 Å². The van der Waals surface area contributed by atoms with Crippen molar-refractivity contribution in [1.82, 2.24) is 4.98 Å². The number of hydrogen-bond acceptors (Lipinski definition) is 3. The van der Waals surface area contributed by atoms with E-state index in [1.54, 1.807) is 6.20 Å². The predicted molar refractivity (Wildman–Crippen MR) is 47.9 cm³/mol. The van der Waals surface area contributed by atoms with Crippen molar-refractivity contribution in [3.05, 3.63) is 23.9 Å². The Hall–Kier alpha value is -1.09. The number of anilines is 1. The van der Waals surface area contributed by atoms with Gasteiger partial charge in [-0.05, 0) is 13.0 Å². The third-order valence-corrected chi connectivity index (χ3v) is 1.53. The maximum atomic E-state index is 5.26. The van der Waals surface area contributed by atoms with Gasteiger partial charge in [-0.25, -0.2) is 4.98 Å². The van der Waals surface area contributed by atoms with Crippen LogP contribution in [0.15, 0.2) is 12.3 Å². The second-order valence-corrected chi connectivity index (χ2v) is 2.33. The van der Waals surface area contributed by atoms with Crippen molar-refractivity contribution in [2.75, 3.05) is 19.0 Å². The van der Waals surface area contributed by atoms with Crippen LogP contribution in [0.4, 0.5) is 5.82 Å². The second-order valence-electron chi connectivity index (χ2n) is 2.33. The average Bonchev–Trinajstić information content (AvgIpc) is 2.15. The summed E-state index contributed by atoms with van der Waals surface area (Å²) < 4.78 is 5.26. The summed E-state index contributed by atoms with van der Waals surface area (Å²) in [7, 11) is 1.85. The monoisotopic (exact) mass is 165 g/mol. The lowest BCUT2D eigenvalue weighted by Crippen LogP contribution is -2.00. The Bertz CT molecular complexity index is 238. The fourth-order valence-electron chi connectivity index (χ4n) is 0.938. The van der Waals surface area contributed by atoms with Crippen molar-refractivity contribution in [3.63, 3.8) is 0 Å². The number of nitrogens with zero attached hydrogens (tertiary/aromatic N) is 1. The van der Waals surface area contributed by atoms with Gasteiger partial charge in [-0.3, -0.25) is 0 Å². The first-order valence-electron chi connectivity index (χ1n) is 3.99. The summed E-state index contributed by atoms with van der Waals surface area (Å²) in [5.41, 5.74) is 1.04. The molecule has 0 fully saturated rings. The van der Waals surface area contributed by atoms with E-state index in [2.05, 4.69) is 16.4 Å². The van der Waals surface area contributed by atoms with Crippen molar-refractivity contribution < 1.29 is 4.74 Å². The lowest BCUT2D eigenvalue weighted by Gasteiger charge is -2.06. The number of hydrogen-bond donors (Lipinski definition) is 1. The summed E-state index contributed by atoms with van der Waals surface area (Å²) in [6, 6.07) is 4.80. The summed E-state index contributed by atoms with van der Waals surface area (Å²) in [5.74, 6) is 0.863. The van der Waals surface area contributed by atoms with Crippen LogP contribution < -0.4 is 5.32 Å². The Morgan fingerprint density at radius 1 is 1.67 bits per heavy atom. The van der Waals surface area contributed by atoms with Crippen LogP contribution in [0.1, 0.15) is 12.5 Å². The SMILES string of the molecule is CCOCc1c[c]cnc1NC. The lowest BCUT2D eigenvalue weighted by molar-refractivity contribution is 0.134. The number of pyridine rings is 1. The first-order chi connectivity index (χ1) is 5.88. The molecule has 0 atom stereocenters. The van der Waals surface area contributed by atoms with E-state index >= 15 is 0 Å². The van der Waals surface area contributed by atoms with Crippen molar-refractivity contribution in [3.8, 4) is 0 Å². The van der Waals surface area contributed by atoms with Crippen molar-refractivity contribution in [1.29, 1.82) is 0 Å². The maximum Gasteiger partial charge on any atom is 0.131 e. The lowest BCUT2D eigenvalue weighted by atomic mass is 10.3. The standard InChI is InChI=1S/C9H13N2O/c1-3-12-7-8-5-4-6-11-9(8)10-2/h5-6H,3,7H2,1-2H3,(H,10,11). The molecule has 3 nitrogen and oxygen atoms in total. The van der Waals surface area contributed by atoms with E-state index in [0.29, 0.717) is 6.61 Å². The van der Waals surface area contributed by atoms with Crippen LogP contribution in [-0.2, 0) is 11.3 Å². The van der Waals surface area contributed by atoms with Crippen LogP contribution in [0.5, 0.6) is 0 Å². The molecule has 0 saturated carbocycles. The molecular formula is C9H13N2O.